The van der Waals surface area contributed by atoms with Gasteiger partial charge in [0, 0.05) is 22.2 Å². The molecule has 6 nitrogen and oxygen atoms in total. The summed E-state index contributed by atoms with van der Waals surface area (Å²) in [5.74, 6) is -0.760. The van der Waals surface area contributed by atoms with Crippen LogP contribution in [0.4, 0.5) is 13.2 Å². The first-order valence-electron chi connectivity index (χ1n) is 11.0. The molecule has 0 saturated carbocycles. The van der Waals surface area contributed by atoms with Crippen molar-refractivity contribution in [1.29, 1.82) is 0 Å². The lowest BCUT2D eigenvalue weighted by Crippen LogP contribution is -2.42. The van der Waals surface area contributed by atoms with E-state index in [1.807, 2.05) is 0 Å². The average molecular weight is 548 g/mol. The predicted molar refractivity (Wildman–Crippen MR) is 128 cm³/mol. The molecule has 1 atom stereocenters. The molecule has 35 heavy (non-hydrogen) atoms. The third-order valence-electron chi connectivity index (χ3n) is 5.99. The fraction of sp³-hybridized carbons (Fsp3) is 0.435. The average Bonchev–Trinajstić information content (AvgIpc) is 3.40. The van der Waals surface area contributed by atoms with E-state index in [-0.39, 0.29) is 33.8 Å². The van der Waals surface area contributed by atoms with Crippen molar-refractivity contribution in [3.63, 3.8) is 0 Å². The number of fused-ring (bicyclic) bond motifs is 1. The number of carbonyl (C=O) groups is 2. The smallest absolute Gasteiger partial charge is 0.374 e. The Labute approximate surface area is 213 Å². The van der Waals surface area contributed by atoms with Crippen LogP contribution in [0.3, 0.4) is 0 Å². The van der Waals surface area contributed by atoms with E-state index in [4.69, 9.17) is 28.0 Å². The summed E-state index contributed by atoms with van der Waals surface area (Å²) in [7, 11) is 0. The van der Waals surface area contributed by atoms with Crippen LogP contribution in [0.2, 0.25) is 10.0 Å². The van der Waals surface area contributed by atoms with Gasteiger partial charge in [-0.3, -0.25) is 9.59 Å². The van der Waals surface area contributed by atoms with Crippen LogP contribution in [0.1, 0.15) is 57.4 Å². The van der Waals surface area contributed by atoms with Gasteiger partial charge in [0.1, 0.15) is 5.71 Å². The van der Waals surface area contributed by atoms with Gasteiger partial charge in [-0.25, -0.2) is 0 Å². The molecule has 1 aliphatic heterocycles. The highest BCUT2D eigenvalue weighted by molar-refractivity contribution is 7.16. The van der Waals surface area contributed by atoms with Gasteiger partial charge in [-0.2, -0.15) is 13.2 Å². The summed E-state index contributed by atoms with van der Waals surface area (Å²) in [6, 6.07) is 3.68. The van der Waals surface area contributed by atoms with Gasteiger partial charge >= 0.3 is 6.18 Å². The molecule has 2 N–H and O–H groups in total. The molecule has 0 radical (unpaired) electrons. The Balaban J connectivity index is 1.68. The maximum atomic E-state index is 14.4. The maximum Gasteiger partial charge on any atom is 0.435 e. The molecule has 0 saturated heterocycles. The van der Waals surface area contributed by atoms with Crippen molar-refractivity contribution in [2.45, 2.75) is 50.8 Å². The molecular formula is C23H22Cl2F3N3O3S. The molecule has 2 aliphatic rings. The number of carbonyl (C=O) groups excluding carboxylic acids is 2. The Morgan fingerprint density at radius 2 is 1.77 bits per heavy atom. The maximum absolute atomic E-state index is 14.4. The molecule has 188 valence electrons. The van der Waals surface area contributed by atoms with Crippen LogP contribution in [0.25, 0.3) is 0 Å². The summed E-state index contributed by atoms with van der Waals surface area (Å²) in [6.45, 7) is 2.02. The number of likely N-dealkylation sites (N-methyl/N-ethyl adjacent to an activating group) is 1. The highest BCUT2D eigenvalue weighted by Crippen LogP contribution is 2.51. The van der Waals surface area contributed by atoms with E-state index < -0.39 is 24.1 Å². The number of rotatable bonds is 6. The molecule has 2 amide bonds. The fourth-order valence-corrected chi connectivity index (χ4v) is 6.18. The molecule has 2 aromatic rings. The van der Waals surface area contributed by atoms with Crippen molar-refractivity contribution in [2.24, 2.45) is 5.16 Å². The molecule has 1 aromatic carbocycles. The third-order valence-corrected chi connectivity index (χ3v) is 7.75. The van der Waals surface area contributed by atoms with Gasteiger partial charge in [0.15, 0.2) is 0 Å². The number of alkyl halides is 3. The number of thiophene rings is 1. The Kier molecular flexibility index (Phi) is 7.36. The van der Waals surface area contributed by atoms with Crippen molar-refractivity contribution in [3.8, 4) is 0 Å². The third kappa shape index (κ3) is 5.01. The highest BCUT2D eigenvalue weighted by atomic mass is 35.5. The van der Waals surface area contributed by atoms with Crippen molar-refractivity contribution in [2.75, 3.05) is 13.1 Å². The van der Waals surface area contributed by atoms with E-state index in [2.05, 4.69) is 15.8 Å². The van der Waals surface area contributed by atoms with E-state index >= 15 is 0 Å². The van der Waals surface area contributed by atoms with Crippen LogP contribution in [-0.4, -0.2) is 36.8 Å². The van der Waals surface area contributed by atoms with E-state index in [1.54, 1.807) is 6.92 Å². The Hall–Kier alpha value is -2.30. The lowest BCUT2D eigenvalue weighted by molar-refractivity contribution is -0.275. The second-order valence-corrected chi connectivity index (χ2v) is 10.2. The second-order valence-electron chi connectivity index (χ2n) is 8.35. The first-order valence-corrected chi connectivity index (χ1v) is 12.6. The zero-order valence-electron chi connectivity index (χ0n) is 18.7. The van der Waals surface area contributed by atoms with Crippen LogP contribution in [-0.2, 0) is 28.1 Å². The number of halogens is 5. The summed E-state index contributed by atoms with van der Waals surface area (Å²) < 4.78 is 43.1. The van der Waals surface area contributed by atoms with E-state index in [0.29, 0.717) is 29.1 Å². The molecule has 2 heterocycles. The second kappa shape index (κ2) is 9.99. The quantitative estimate of drug-likeness (QED) is 0.509. The standard InChI is InChI=1S/C23H22Cl2F3N3O3S/c1-2-29-18(32)11-30-21(33)20-16-6-4-3-5-15(16)19(35-20)17-10-22(34-31-17,23(26,27)28)12-7-13(24)9-14(25)8-12/h7-9H,2-6,10-11H2,1H3,(H,29,32)(H,30,33). The summed E-state index contributed by atoms with van der Waals surface area (Å²) in [5.41, 5.74) is -1.27. The topological polar surface area (TPSA) is 79.8 Å². The molecular weight excluding hydrogens is 526 g/mol. The zero-order valence-corrected chi connectivity index (χ0v) is 21.0. The molecule has 0 bridgehead atoms. The predicted octanol–water partition coefficient (Wildman–Crippen LogP) is 5.38. The van der Waals surface area contributed by atoms with E-state index in [9.17, 15) is 22.8 Å². The van der Waals surface area contributed by atoms with Crippen LogP contribution >= 0.6 is 34.5 Å². The van der Waals surface area contributed by atoms with E-state index in [1.165, 1.54) is 18.2 Å². The van der Waals surface area contributed by atoms with Gasteiger partial charge in [-0.15, -0.1) is 11.3 Å². The van der Waals surface area contributed by atoms with Crippen LogP contribution < -0.4 is 10.6 Å². The van der Waals surface area contributed by atoms with Gasteiger partial charge in [0.25, 0.3) is 11.5 Å². The summed E-state index contributed by atoms with van der Waals surface area (Å²) in [5, 5.41) is 9.16. The van der Waals surface area contributed by atoms with Gasteiger partial charge in [-0.1, -0.05) is 28.4 Å². The number of amides is 2. The number of hydrogen-bond acceptors (Lipinski definition) is 5. The van der Waals surface area contributed by atoms with Crippen LogP contribution in [0.15, 0.2) is 23.4 Å². The largest absolute Gasteiger partial charge is 0.435 e. The van der Waals surface area contributed by atoms with Gasteiger partial charge < -0.3 is 15.5 Å². The summed E-state index contributed by atoms with van der Waals surface area (Å²) in [6.07, 6.45) is -2.45. The SMILES string of the molecule is CCNC(=O)CNC(=O)c1sc(C2=NOC(c3cc(Cl)cc(Cl)c3)(C(F)(F)F)C2)c2c1CCCC2. The van der Waals surface area contributed by atoms with Crippen molar-refractivity contribution in [3.05, 3.63) is 54.7 Å². The van der Waals surface area contributed by atoms with Gasteiger partial charge in [-0.05, 0) is 61.9 Å². The monoisotopic (exact) mass is 547 g/mol. The first-order chi connectivity index (χ1) is 16.6. The molecule has 1 unspecified atom stereocenters. The van der Waals surface area contributed by atoms with Crippen molar-refractivity contribution in [1.82, 2.24) is 10.6 Å². The number of benzene rings is 1. The summed E-state index contributed by atoms with van der Waals surface area (Å²) in [4.78, 5) is 30.6. The van der Waals surface area contributed by atoms with Crippen LogP contribution in [0, 0.1) is 0 Å². The Morgan fingerprint density at radius 3 is 2.40 bits per heavy atom. The molecule has 4 rings (SSSR count). The number of oxime groups is 1. The number of nitrogens with one attached hydrogen (secondary N) is 2. The molecule has 0 fully saturated rings. The van der Waals surface area contributed by atoms with Crippen molar-refractivity contribution < 1.29 is 27.6 Å². The van der Waals surface area contributed by atoms with Crippen molar-refractivity contribution >= 4 is 52.1 Å². The zero-order chi connectivity index (χ0) is 25.4. The Morgan fingerprint density at radius 1 is 1.11 bits per heavy atom. The van der Waals surface area contributed by atoms with Gasteiger partial charge in [0.2, 0.25) is 5.91 Å². The molecule has 0 spiro atoms. The number of nitrogens with zero attached hydrogens (tertiary/aromatic N) is 1. The molecule has 1 aliphatic carbocycles. The van der Waals surface area contributed by atoms with Crippen LogP contribution in [0.5, 0.6) is 0 Å². The molecule has 12 heteroatoms. The van der Waals surface area contributed by atoms with E-state index in [0.717, 1.165) is 35.3 Å². The Bertz CT molecular complexity index is 1180. The molecule has 1 aromatic heterocycles. The minimum absolute atomic E-state index is 0.0488. The lowest BCUT2D eigenvalue weighted by atomic mass is 9.85. The number of hydrogen-bond donors (Lipinski definition) is 2. The minimum atomic E-state index is -4.81. The first kappa shape index (κ1) is 25.8. The highest BCUT2D eigenvalue weighted by Gasteiger charge is 2.62. The summed E-state index contributed by atoms with van der Waals surface area (Å²) >= 11 is 13.1. The van der Waals surface area contributed by atoms with Gasteiger partial charge in [0.05, 0.1) is 22.7 Å². The lowest BCUT2D eigenvalue weighted by Gasteiger charge is -2.29. The normalized spacial score (nSPS) is 19.5. The minimum Gasteiger partial charge on any atom is -0.374 e. The fourth-order valence-electron chi connectivity index (χ4n) is 4.36.